The Balaban J connectivity index is 1.85. The number of hydrogen-bond donors (Lipinski definition) is 1. The Hall–Kier alpha value is -1.82. The van der Waals surface area contributed by atoms with E-state index >= 15 is 0 Å². The van der Waals surface area contributed by atoms with Gasteiger partial charge in [0.05, 0.1) is 4.92 Å². The first-order valence-electron chi connectivity index (χ1n) is 6.42. The van der Waals surface area contributed by atoms with Gasteiger partial charge in [-0.05, 0) is 18.9 Å². The molecule has 0 radical (unpaired) electrons. The van der Waals surface area contributed by atoms with E-state index in [1.807, 2.05) is 0 Å². The zero-order valence-electron chi connectivity index (χ0n) is 10.8. The Kier molecular flexibility index (Phi) is 4.79. The second kappa shape index (κ2) is 6.56. The lowest BCUT2D eigenvalue weighted by atomic mass is 10.2. The fourth-order valence-electron chi connectivity index (χ4n) is 2.21. The first kappa shape index (κ1) is 14.6. The highest BCUT2D eigenvalue weighted by Gasteiger charge is 2.17. The van der Waals surface area contributed by atoms with Gasteiger partial charge in [-0.2, -0.15) is 0 Å². The second-order valence-corrected chi connectivity index (χ2v) is 5.12. The maximum Gasteiger partial charge on any atom is 0.288 e. The Labute approximate surface area is 121 Å². The molecule has 20 heavy (non-hydrogen) atoms. The van der Waals surface area contributed by atoms with Gasteiger partial charge >= 0.3 is 0 Å². The maximum absolute atomic E-state index is 11.7. The maximum atomic E-state index is 11.7. The van der Waals surface area contributed by atoms with Crippen LogP contribution in [0.4, 0.5) is 5.69 Å². The molecule has 7 heteroatoms. The molecule has 1 aromatic carbocycles. The summed E-state index contributed by atoms with van der Waals surface area (Å²) in [5.74, 6) is 0.147. The van der Waals surface area contributed by atoms with Crippen LogP contribution in [0.3, 0.4) is 0 Å². The Morgan fingerprint density at radius 1 is 1.45 bits per heavy atom. The van der Waals surface area contributed by atoms with Crippen LogP contribution in [-0.2, 0) is 4.79 Å². The van der Waals surface area contributed by atoms with Crippen LogP contribution in [-0.4, -0.2) is 23.5 Å². The first-order valence-corrected chi connectivity index (χ1v) is 6.80. The van der Waals surface area contributed by atoms with Crippen molar-refractivity contribution in [2.45, 2.75) is 31.7 Å². The number of halogens is 1. The van der Waals surface area contributed by atoms with Crippen molar-refractivity contribution in [1.29, 1.82) is 0 Å². The summed E-state index contributed by atoms with van der Waals surface area (Å²) in [6.07, 6.45) is 4.30. The molecule has 0 saturated heterocycles. The predicted molar refractivity (Wildman–Crippen MR) is 74.0 cm³/mol. The molecule has 1 aliphatic carbocycles. The lowest BCUT2D eigenvalue weighted by molar-refractivity contribution is -0.384. The van der Waals surface area contributed by atoms with Crippen LogP contribution >= 0.6 is 11.6 Å². The van der Waals surface area contributed by atoms with Crippen LogP contribution in [0.1, 0.15) is 25.7 Å². The minimum Gasteiger partial charge on any atom is -0.484 e. The van der Waals surface area contributed by atoms with E-state index in [9.17, 15) is 14.9 Å². The van der Waals surface area contributed by atoms with Crippen molar-refractivity contribution >= 4 is 23.2 Å². The van der Waals surface area contributed by atoms with Gasteiger partial charge < -0.3 is 10.1 Å². The van der Waals surface area contributed by atoms with E-state index in [0.717, 1.165) is 25.7 Å². The average molecular weight is 299 g/mol. The molecule has 1 N–H and O–H groups in total. The molecule has 1 saturated carbocycles. The molecule has 0 atom stereocenters. The summed E-state index contributed by atoms with van der Waals surface area (Å²) in [5, 5.41) is 13.5. The molecular weight excluding hydrogens is 284 g/mol. The summed E-state index contributed by atoms with van der Waals surface area (Å²) in [4.78, 5) is 21.7. The van der Waals surface area contributed by atoms with E-state index in [2.05, 4.69) is 5.32 Å². The molecular formula is C13H15ClN2O4. The molecule has 6 nitrogen and oxygen atoms in total. The van der Waals surface area contributed by atoms with Crippen LogP contribution in [0, 0.1) is 10.1 Å². The number of carbonyl (C=O) groups excluding carboxylic acids is 1. The highest BCUT2D eigenvalue weighted by Crippen LogP contribution is 2.28. The summed E-state index contributed by atoms with van der Waals surface area (Å²) in [6.45, 7) is -0.120. The monoisotopic (exact) mass is 298 g/mol. The molecule has 1 aromatic rings. The number of nitro groups is 1. The Morgan fingerprint density at radius 2 is 2.15 bits per heavy atom. The number of nitrogens with one attached hydrogen (secondary N) is 1. The number of rotatable bonds is 5. The number of hydrogen-bond acceptors (Lipinski definition) is 4. The normalized spacial score (nSPS) is 15.1. The summed E-state index contributed by atoms with van der Waals surface area (Å²) in [7, 11) is 0. The molecule has 0 aromatic heterocycles. The Morgan fingerprint density at radius 3 is 2.75 bits per heavy atom. The lowest BCUT2D eigenvalue weighted by Crippen LogP contribution is -2.36. The molecule has 1 fully saturated rings. The second-order valence-electron chi connectivity index (χ2n) is 4.71. The number of ether oxygens (including phenoxy) is 1. The van der Waals surface area contributed by atoms with Crippen LogP contribution in [0.25, 0.3) is 0 Å². The van der Waals surface area contributed by atoms with Crippen LogP contribution in [0.5, 0.6) is 5.75 Å². The van der Waals surface area contributed by atoms with Crippen molar-refractivity contribution < 1.29 is 14.5 Å². The molecule has 108 valence electrons. The number of nitrogens with zero attached hydrogens (tertiary/aromatic N) is 1. The molecule has 1 aliphatic rings. The molecule has 0 spiro atoms. The van der Waals surface area contributed by atoms with E-state index in [1.54, 1.807) is 0 Å². The van der Waals surface area contributed by atoms with Crippen molar-refractivity contribution in [1.82, 2.24) is 5.32 Å². The number of benzene rings is 1. The minimum atomic E-state index is -0.571. The molecule has 1 amide bonds. The van der Waals surface area contributed by atoms with Gasteiger partial charge in [0, 0.05) is 18.2 Å². The van der Waals surface area contributed by atoms with Gasteiger partial charge in [0.25, 0.3) is 11.6 Å². The van der Waals surface area contributed by atoms with Gasteiger partial charge in [0.15, 0.2) is 6.61 Å². The number of carbonyl (C=O) groups is 1. The van der Waals surface area contributed by atoms with Crippen LogP contribution < -0.4 is 10.1 Å². The third kappa shape index (κ3) is 3.84. The third-order valence-corrected chi connectivity index (χ3v) is 3.51. The van der Waals surface area contributed by atoms with Gasteiger partial charge in [-0.15, -0.1) is 0 Å². The summed E-state index contributed by atoms with van der Waals surface area (Å²) in [5.41, 5.74) is -0.186. The lowest BCUT2D eigenvalue weighted by Gasteiger charge is -2.12. The van der Waals surface area contributed by atoms with E-state index < -0.39 is 4.92 Å². The standard InChI is InChI=1S/C13H15ClN2O4/c14-11-7-10(5-6-12(11)16(18)19)20-8-13(17)15-9-3-1-2-4-9/h5-7,9H,1-4,8H2,(H,15,17). The molecule has 0 bridgehead atoms. The number of amides is 1. The summed E-state index contributed by atoms with van der Waals surface area (Å²) >= 11 is 5.75. The predicted octanol–water partition coefficient (Wildman–Crippen LogP) is 2.69. The van der Waals surface area contributed by atoms with Crippen molar-refractivity contribution in [3.05, 3.63) is 33.3 Å². The SMILES string of the molecule is O=C(COc1ccc([N+](=O)[O-])c(Cl)c1)NC1CCCC1. The fraction of sp³-hybridized carbons (Fsp3) is 0.462. The van der Waals surface area contributed by atoms with Crippen molar-refractivity contribution in [3.8, 4) is 5.75 Å². The van der Waals surface area contributed by atoms with Crippen LogP contribution in [0.15, 0.2) is 18.2 Å². The minimum absolute atomic E-state index is 0.0105. The van der Waals surface area contributed by atoms with E-state index in [-0.39, 0.29) is 29.3 Å². The third-order valence-electron chi connectivity index (χ3n) is 3.21. The van der Waals surface area contributed by atoms with E-state index in [0.29, 0.717) is 5.75 Å². The molecule has 2 rings (SSSR count). The highest BCUT2D eigenvalue weighted by atomic mass is 35.5. The highest BCUT2D eigenvalue weighted by molar-refractivity contribution is 6.32. The smallest absolute Gasteiger partial charge is 0.288 e. The van der Waals surface area contributed by atoms with Gasteiger partial charge in [0.1, 0.15) is 10.8 Å². The first-order chi connectivity index (χ1) is 9.56. The Bertz CT molecular complexity index is 515. The van der Waals surface area contributed by atoms with Gasteiger partial charge in [-0.25, -0.2) is 0 Å². The van der Waals surface area contributed by atoms with Crippen LogP contribution in [0.2, 0.25) is 5.02 Å². The van der Waals surface area contributed by atoms with Crippen molar-refractivity contribution in [2.75, 3.05) is 6.61 Å². The van der Waals surface area contributed by atoms with Gasteiger partial charge in [-0.1, -0.05) is 24.4 Å². The summed E-state index contributed by atoms with van der Waals surface area (Å²) < 4.78 is 5.27. The van der Waals surface area contributed by atoms with Gasteiger partial charge in [-0.3, -0.25) is 14.9 Å². The largest absolute Gasteiger partial charge is 0.484 e. The topological polar surface area (TPSA) is 81.5 Å². The van der Waals surface area contributed by atoms with Gasteiger partial charge in [0.2, 0.25) is 0 Å². The quantitative estimate of drug-likeness (QED) is 0.669. The zero-order valence-corrected chi connectivity index (χ0v) is 11.6. The summed E-state index contributed by atoms with van der Waals surface area (Å²) in [6, 6.07) is 4.26. The number of nitro benzene ring substituents is 1. The van der Waals surface area contributed by atoms with E-state index in [1.165, 1.54) is 18.2 Å². The zero-order chi connectivity index (χ0) is 14.5. The molecule has 0 heterocycles. The average Bonchev–Trinajstić information content (AvgIpc) is 2.89. The molecule has 0 aliphatic heterocycles. The molecule has 0 unspecified atom stereocenters. The van der Waals surface area contributed by atoms with E-state index in [4.69, 9.17) is 16.3 Å². The van der Waals surface area contributed by atoms with Crippen molar-refractivity contribution in [3.63, 3.8) is 0 Å². The van der Waals surface area contributed by atoms with Crippen molar-refractivity contribution in [2.24, 2.45) is 0 Å². The fourth-order valence-corrected chi connectivity index (χ4v) is 2.45.